The number of nitrogens with two attached hydrogens (primary N) is 1. The second-order valence-corrected chi connectivity index (χ2v) is 4.73. The minimum absolute atomic E-state index is 0.108. The van der Waals surface area contributed by atoms with Crippen LogP contribution in [0.5, 0.6) is 0 Å². The van der Waals surface area contributed by atoms with E-state index in [2.05, 4.69) is 4.74 Å². The van der Waals surface area contributed by atoms with Gasteiger partial charge in [-0.2, -0.15) is 0 Å². The van der Waals surface area contributed by atoms with Crippen molar-refractivity contribution < 1.29 is 9.53 Å². The average molecular weight is 276 g/mol. The van der Waals surface area contributed by atoms with Crippen molar-refractivity contribution in [3.8, 4) is 0 Å². The normalized spacial score (nSPS) is 12.2. The number of methoxy groups -OCH3 is 1. The number of benzene rings is 1. The molecule has 0 aliphatic heterocycles. The minimum Gasteiger partial charge on any atom is -0.469 e. The lowest BCUT2D eigenvalue weighted by Crippen LogP contribution is -2.24. The Bertz CT molecular complexity index is 376. The third-order valence-electron chi connectivity index (χ3n) is 2.37. The topological polar surface area (TPSA) is 52.3 Å². The maximum atomic E-state index is 11.0. The number of carbonyl (C=O) groups excluding carboxylic acids is 1. The summed E-state index contributed by atoms with van der Waals surface area (Å²) in [4.78, 5) is 11.0. The fraction of sp³-hybridized carbons (Fsp3) is 0.417. The molecule has 1 rings (SSSR count). The molecule has 0 bridgehead atoms. The summed E-state index contributed by atoms with van der Waals surface area (Å²) in [6, 6.07) is 5.22. The number of ether oxygens (including phenoxy) is 1. The van der Waals surface area contributed by atoms with E-state index >= 15 is 0 Å². The molecule has 0 aromatic heterocycles. The van der Waals surface area contributed by atoms with Crippen LogP contribution in [0.4, 0.5) is 0 Å². The van der Waals surface area contributed by atoms with Gasteiger partial charge in [0.25, 0.3) is 0 Å². The highest BCUT2D eigenvalue weighted by Gasteiger charge is 2.09. The van der Waals surface area contributed by atoms with Crippen molar-refractivity contribution in [2.24, 2.45) is 5.73 Å². The van der Waals surface area contributed by atoms with Crippen LogP contribution >= 0.6 is 23.2 Å². The summed E-state index contributed by atoms with van der Waals surface area (Å²) >= 11 is 11.8. The van der Waals surface area contributed by atoms with Crippen molar-refractivity contribution in [3.63, 3.8) is 0 Å². The average Bonchev–Trinajstić information content (AvgIpc) is 2.24. The van der Waals surface area contributed by atoms with Gasteiger partial charge in [0.15, 0.2) is 0 Å². The molecule has 0 amide bonds. The monoisotopic (exact) mass is 275 g/mol. The molecule has 0 saturated carbocycles. The quantitative estimate of drug-likeness (QED) is 0.841. The second-order valence-electron chi connectivity index (χ2n) is 3.86. The van der Waals surface area contributed by atoms with E-state index in [0.717, 1.165) is 5.56 Å². The van der Waals surface area contributed by atoms with Crippen LogP contribution in [0.25, 0.3) is 0 Å². The highest BCUT2D eigenvalue weighted by atomic mass is 35.5. The van der Waals surface area contributed by atoms with Crippen molar-refractivity contribution in [1.82, 2.24) is 0 Å². The molecule has 0 aliphatic carbocycles. The van der Waals surface area contributed by atoms with E-state index in [1.807, 2.05) is 12.1 Å². The SMILES string of the molecule is COC(=O)CCC(N)Cc1cc(Cl)cc(Cl)c1. The van der Waals surface area contributed by atoms with Crippen molar-refractivity contribution in [1.29, 1.82) is 0 Å². The number of hydrogen-bond donors (Lipinski definition) is 1. The fourth-order valence-corrected chi connectivity index (χ4v) is 2.11. The summed E-state index contributed by atoms with van der Waals surface area (Å²) in [6.45, 7) is 0. The predicted octanol–water partition coefficient (Wildman–Crippen LogP) is 2.82. The van der Waals surface area contributed by atoms with Crippen LogP contribution in [0, 0.1) is 0 Å². The molecule has 1 aromatic rings. The van der Waals surface area contributed by atoms with Crippen LogP contribution in [0.1, 0.15) is 18.4 Å². The summed E-state index contributed by atoms with van der Waals surface area (Å²) < 4.78 is 4.55. The summed E-state index contributed by atoms with van der Waals surface area (Å²) in [5.41, 5.74) is 6.89. The molecule has 0 heterocycles. The molecule has 0 aliphatic rings. The van der Waals surface area contributed by atoms with Gasteiger partial charge in [-0.1, -0.05) is 23.2 Å². The Morgan fingerprint density at radius 3 is 2.47 bits per heavy atom. The van der Waals surface area contributed by atoms with Crippen LogP contribution in [-0.4, -0.2) is 19.1 Å². The molecule has 5 heteroatoms. The molecule has 2 N–H and O–H groups in total. The molecule has 0 saturated heterocycles. The van der Waals surface area contributed by atoms with Crippen molar-refractivity contribution >= 4 is 29.2 Å². The van der Waals surface area contributed by atoms with Gasteiger partial charge in [-0.15, -0.1) is 0 Å². The van der Waals surface area contributed by atoms with Crippen LogP contribution in [-0.2, 0) is 16.0 Å². The zero-order valence-corrected chi connectivity index (χ0v) is 11.1. The summed E-state index contributed by atoms with van der Waals surface area (Å²) in [5.74, 6) is -0.246. The fourth-order valence-electron chi connectivity index (χ4n) is 1.54. The molecule has 0 fully saturated rings. The third kappa shape index (κ3) is 5.39. The molecule has 17 heavy (non-hydrogen) atoms. The first-order chi connectivity index (χ1) is 8.01. The lowest BCUT2D eigenvalue weighted by atomic mass is 10.0. The van der Waals surface area contributed by atoms with E-state index in [0.29, 0.717) is 29.3 Å². The van der Waals surface area contributed by atoms with Crippen molar-refractivity contribution in [2.75, 3.05) is 7.11 Å². The van der Waals surface area contributed by atoms with Crippen LogP contribution in [0.2, 0.25) is 10.0 Å². The molecule has 1 unspecified atom stereocenters. The predicted molar refractivity (Wildman–Crippen MR) is 69.4 cm³/mol. The lowest BCUT2D eigenvalue weighted by Gasteiger charge is -2.11. The molecule has 0 spiro atoms. The molecule has 1 aromatic carbocycles. The Kier molecular flexibility index (Phi) is 5.75. The largest absolute Gasteiger partial charge is 0.469 e. The number of carbonyl (C=O) groups is 1. The molecular weight excluding hydrogens is 261 g/mol. The van der Waals surface area contributed by atoms with Gasteiger partial charge in [-0.25, -0.2) is 0 Å². The van der Waals surface area contributed by atoms with Gasteiger partial charge < -0.3 is 10.5 Å². The Hall–Kier alpha value is -0.770. The number of hydrogen-bond acceptors (Lipinski definition) is 3. The maximum absolute atomic E-state index is 11.0. The Balaban J connectivity index is 2.50. The van der Waals surface area contributed by atoms with Gasteiger partial charge >= 0.3 is 5.97 Å². The van der Waals surface area contributed by atoms with E-state index in [1.165, 1.54) is 7.11 Å². The van der Waals surface area contributed by atoms with Crippen LogP contribution in [0.15, 0.2) is 18.2 Å². The molecule has 3 nitrogen and oxygen atoms in total. The first-order valence-electron chi connectivity index (χ1n) is 5.28. The Labute approximate surface area is 111 Å². The van der Waals surface area contributed by atoms with E-state index in [-0.39, 0.29) is 12.0 Å². The van der Waals surface area contributed by atoms with Gasteiger partial charge in [0.1, 0.15) is 0 Å². The zero-order chi connectivity index (χ0) is 12.8. The number of rotatable bonds is 5. The summed E-state index contributed by atoms with van der Waals surface area (Å²) in [6.07, 6.45) is 1.54. The van der Waals surface area contributed by atoms with Crippen molar-refractivity contribution in [2.45, 2.75) is 25.3 Å². The minimum atomic E-state index is -0.246. The molecule has 1 atom stereocenters. The molecular formula is C12H15Cl2NO2. The highest BCUT2D eigenvalue weighted by Crippen LogP contribution is 2.20. The van der Waals surface area contributed by atoms with Crippen molar-refractivity contribution in [3.05, 3.63) is 33.8 Å². The smallest absolute Gasteiger partial charge is 0.305 e. The first-order valence-corrected chi connectivity index (χ1v) is 6.04. The standard InChI is InChI=1S/C12H15Cl2NO2/c1-17-12(16)3-2-11(15)6-8-4-9(13)7-10(14)5-8/h4-5,7,11H,2-3,6,15H2,1H3. The zero-order valence-electron chi connectivity index (χ0n) is 9.58. The van der Waals surface area contributed by atoms with Crippen LogP contribution < -0.4 is 5.73 Å². The Morgan fingerprint density at radius 1 is 1.35 bits per heavy atom. The van der Waals surface area contributed by atoms with Gasteiger partial charge in [-0.05, 0) is 36.6 Å². The summed E-state index contributed by atoms with van der Waals surface area (Å²) in [7, 11) is 1.37. The second kappa shape index (κ2) is 6.84. The highest BCUT2D eigenvalue weighted by molar-refractivity contribution is 6.34. The summed E-state index contributed by atoms with van der Waals surface area (Å²) in [5, 5.41) is 1.18. The van der Waals surface area contributed by atoms with Gasteiger partial charge in [0.05, 0.1) is 7.11 Å². The maximum Gasteiger partial charge on any atom is 0.305 e. The van der Waals surface area contributed by atoms with E-state index in [1.54, 1.807) is 6.07 Å². The van der Waals surface area contributed by atoms with Crippen LogP contribution in [0.3, 0.4) is 0 Å². The molecule has 94 valence electrons. The first kappa shape index (κ1) is 14.3. The Morgan fingerprint density at radius 2 is 1.94 bits per heavy atom. The van der Waals surface area contributed by atoms with Gasteiger partial charge in [0, 0.05) is 22.5 Å². The number of halogens is 2. The van der Waals surface area contributed by atoms with Gasteiger partial charge in [0.2, 0.25) is 0 Å². The third-order valence-corrected chi connectivity index (χ3v) is 2.80. The van der Waals surface area contributed by atoms with E-state index in [4.69, 9.17) is 28.9 Å². The number of esters is 1. The lowest BCUT2D eigenvalue weighted by molar-refractivity contribution is -0.140. The van der Waals surface area contributed by atoms with Gasteiger partial charge in [-0.3, -0.25) is 4.79 Å². The van der Waals surface area contributed by atoms with E-state index < -0.39 is 0 Å². The van der Waals surface area contributed by atoms with E-state index in [9.17, 15) is 4.79 Å². The molecule has 0 radical (unpaired) electrons.